The number of allylic oxidation sites excluding steroid dienone is 1. The van der Waals surface area contributed by atoms with E-state index in [4.69, 9.17) is 4.74 Å². The summed E-state index contributed by atoms with van der Waals surface area (Å²) in [5.41, 5.74) is 4.86. The van der Waals surface area contributed by atoms with E-state index in [9.17, 15) is 13.2 Å². The molecule has 6 nitrogen and oxygen atoms in total. The van der Waals surface area contributed by atoms with Crippen LogP contribution in [0.3, 0.4) is 0 Å². The molecule has 0 saturated heterocycles. The normalized spacial score (nSPS) is 11.3. The minimum Gasteiger partial charge on any atom is -0.465 e. The maximum absolute atomic E-state index is 12.0. The van der Waals surface area contributed by atoms with Crippen molar-refractivity contribution in [3.05, 3.63) is 66.9 Å². The largest absolute Gasteiger partial charge is 0.465 e. The van der Waals surface area contributed by atoms with E-state index in [0.717, 1.165) is 28.0 Å². The van der Waals surface area contributed by atoms with Gasteiger partial charge < -0.3 is 4.74 Å². The summed E-state index contributed by atoms with van der Waals surface area (Å²) in [7, 11) is -3.28. The lowest BCUT2D eigenvalue weighted by atomic mass is 10.0. The molecule has 0 aliphatic heterocycles. The Bertz CT molecular complexity index is 1190. The number of ether oxygens (including phenoxy) is 1. The number of carbonyl (C=O) groups is 1. The molecule has 0 atom stereocenters. The van der Waals surface area contributed by atoms with Crippen molar-refractivity contribution >= 4 is 21.4 Å². The van der Waals surface area contributed by atoms with Gasteiger partial charge in [-0.05, 0) is 54.3 Å². The van der Waals surface area contributed by atoms with Crippen molar-refractivity contribution in [1.29, 1.82) is 0 Å². The van der Waals surface area contributed by atoms with Gasteiger partial charge in [-0.3, -0.25) is 9.48 Å². The van der Waals surface area contributed by atoms with Crippen LogP contribution in [0, 0.1) is 0 Å². The number of benzene rings is 2. The summed E-state index contributed by atoms with van der Waals surface area (Å²) < 4.78 is 30.3. The molecule has 2 aromatic carbocycles. The summed E-state index contributed by atoms with van der Waals surface area (Å²) in [6, 6.07) is 16.4. The molecule has 156 valence electrons. The second-order valence-electron chi connectivity index (χ2n) is 7.04. The van der Waals surface area contributed by atoms with Crippen LogP contribution in [0.5, 0.6) is 0 Å². The van der Waals surface area contributed by atoms with Crippen LogP contribution < -0.4 is 0 Å². The Balaban J connectivity index is 1.96. The van der Waals surface area contributed by atoms with Gasteiger partial charge in [0.25, 0.3) is 0 Å². The fourth-order valence-corrected chi connectivity index (χ4v) is 3.71. The highest BCUT2D eigenvalue weighted by Crippen LogP contribution is 2.28. The number of hydrogen-bond acceptors (Lipinski definition) is 5. The lowest BCUT2D eigenvalue weighted by Gasteiger charge is -2.09. The van der Waals surface area contributed by atoms with Gasteiger partial charge in [0.15, 0.2) is 9.84 Å². The van der Waals surface area contributed by atoms with Crippen molar-refractivity contribution < 1.29 is 17.9 Å². The van der Waals surface area contributed by atoms with Crippen LogP contribution in [-0.2, 0) is 25.9 Å². The molecule has 0 saturated carbocycles. The van der Waals surface area contributed by atoms with E-state index in [0.29, 0.717) is 12.3 Å². The number of hydrogen-bond donors (Lipinski definition) is 0. The fourth-order valence-electron chi connectivity index (χ4n) is 3.05. The molecule has 1 aromatic heterocycles. The zero-order valence-corrected chi connectivity index (χ0v) is 18.1. The third-order valence-electron chi connectivity index (χ3n) is 4.58. The van der Waals surface area contributed by atoms with Gasteiger partial charge in [0, 0.05) is 6.26 Å². The van der Waals surface area contributed by atoms with E-state index in [1.807, 2.05) is 43.3 Å². The van der Waals surface area contributed by atoms with Gasteiger partial charge in [-0.1, -0.05) is 43.0 Å². The van der Waals surface area contributed by atoms with Crippen LogP contribution in [0.1, 0.15) is 19.5 Å². The van der Waals surface area contributed by atoms with Gasteiger partial charge in [-0.2, -0.15) is 5.10 Å². The van der Waals surface area contributed by atoms with E-state index in [2.05, 4.69) is 11.7 Å². The van der Waals surface area contributed by atoms with Crippen molar-refractivity contribution in [2.45, 2.75) is 25.3 Å². The average Bonchev–Trinajstić information content (AvgIpc) is 3.12. The van der Waals surface area contributed by atoms with Crippen LogP contribution in [0.2, 0.25) is 0 Å². The molecule has 0 fully saturated rings. The number of aromatic nitrogens is 2. The van der Waals surface area contributed by atoms with E-state index in [1.54, 1.807) is 29.8 Å². The van der Waals surface area contributed by atoms with E-state index in [-0.39, 0.29) is 17.4 Å². The first-order chi connectivity index (χ1) is 14.2. The van der Waals surface area contributed by atoms with E-state index >= 15 is 0 Å². The van der Waals surface area contributed by atoms with Crippen molar-refractivity contribution in [1.82, 2.24) is 9.78 Å². The Hall–Kier alpha value is -3.19. The molecule has 0 aliphatic carbocycles. The van der Waals surface area contributed by atoms with E-state index < -0.39 is 9.84 Å². The predicted molar refractivity (Wildman–Crippen MR) is 118 cm³/mol. The second-order valence-corrected chi connectivity index (χ2v) is 9.05. The second kappa shape index (κ2) is 8.67. The summed E-state index contributed by atoms with van der Waals surface area (Å²) in [5, 5.41) is 4.48. The smallest absolute Gasteiger partial charge is 0.327 e. The predicted octanol–water partition coefficient (Wildman–Crippen LogP) is 4.22. The number of rotatable bonds is 7. The molecule has 3 rings (SSSR count). The minimum absolute atomic E-state index is 0.00854. The topological polar surface area (TPSA) is 78.3 Å². The van der Waals surface area contributed by atoms with Gasteiger partial charge >= 0.3 is 5.97 Å². The Morgan fingerprint density at radius 2 is 1.73 bits per heavy atom. The summed E-state index contributed by atoms with van der Waals surface area (Å²) in [5.74, 6) is -0.357. The summed E-state index contributed by atoms with van der Waals surface area (Å²) in [6.45, 7) is 7.87. The Labute approximate surface area is 176 Å². The molecule has 3 aromatic rings. The van der Waals surface area contributed by atoms with Crippen molar-refractivity contribution in [2.75, 3.05) is 12.9 Å². The summed E-state index contributed by atoms with van der Waals surface area (Å²) in [4.78, 5) is 12.3. The maximum Gasteiger partial charge on any atom is 0.327 e. The van der Waals surface area contributed by atoms with Crippen LogP contribution in [0.4, 0.5) is 0 Å². The van der Waals surface area contributed by atoms with Gasteiger partial charge in [0.2, 0.25) is 0 Å². The number of sulfone groups is 1. The maximum atomic E-state index is 12.0. The molecule has 0 unspecified atom stereocenters. The fraction of sp³-hybridized carbons (Fsp3) is 0.217. The summed E-state index contributed by atoms with van der Waals surface area (Å²) >= 11 is 0. The molecule has 0 N–H and O–H groups in total. The molecule has 7 heteroatoms. The van der Waals surface area contributed by atoms with Crippen molar-refractivity contribution in [3.63, 3.8) is 0 Å². The van der Waals surface area contributed by atoms with Gasteiger partial charge in [-0.15, -0.1) is 0 Å². The lowest BCUT2D eigenvalue weighted by Crippen LogP contribution is -2.15. The van der Waals surface area contributed by atoms with Crippen LogP contribution in [0.25, 0.3) is 28.0 Å². The molecule has 30 heavy (non-hydrogen) atoms. The SMILES string of the molecule is C=C(C)c1cc(-c2ccc(-c3cccc(S(C)(=O)=O)c3)cc2)n(CC(=O)OCC)n1. The molecule has 0 amide bonds. The highest BCUT2D eigenvalue weighted by molar-refractivity contribution is 7.90. The first-order valence-corrected chi connectivity index (χ1v) is 11.4. The van der Waals surface area contributed by atoms with Crippen LogP contribution >= 0.6 is 0 Å². The molecule has 0 bridgehead atoms. The Kier molecular flexibility index (Phi) is 6.22. The summed E-state index contributed by atoms with van der Waals surface area (Å²) in [6.07, 6.45) is 1.19. The molecule has 0 spiro atoms. The minimum atomic E-state index is -3.28. The van der Waals surface area contributed by atoms with Crippen LogP contribution in [-0.4, -0.2) is 37.0 Å². The first kappa shape index (κ1) is 21.5. The van der Waals surface area contributed by atoms with Gasteiger partial charge in [0.05, 0.1) is 22.9 Å². The number of carbonyl (C=O) groups excluding carboxylic acids is 1. The van der Waals surface area contributed by atoms with Crippen molar-refractivity contribution in [3.8, 4) is 22.4 Å². The molecule has 0 aliphatic rings. The highest BCUT2D eigenvalue weighted by Gasteiger charge is 2.15. The zero-order chi connectivity index (χ0) is 21.9. The number of nitrogens with zero attached hydrogens (tertiary/aromatic N) is 2. The standard InChI is InChI=1S/C23H24N2O4S/c1-5-29-23(26)15-25-22(14-21(24-25)16(2)3)18-11-9-17(10-12-18)19-7-6-8-20(13-19)30(4,27)28/h6-14H,2,5,15H2,1,3-4H3. The molecule has 0 radical (unpaired) electrons. The quantitative estimate of drug-likeness (QED) is 0.531. The average molecular weight is 425 g/mol. The Morgan fingerprint density at radius 1 is 1.07 bits per heavy atom. The van der Waals surface area contributed by atoms with E-state index in [1.165, 1.54) is 6.26 Å². The van der Waals surface area contributed by atoms with Crippen LogP contribution in [0.15, 0.2) is 66.1 Å². The van der Waals surface area contributed by atoms with Gasteiger partial charge in [-0.25, -0.2) is 8.42 Å². The molecular formula is C23H24N2O4S. The molecular weight excluding hydrogens is 400 g/mol. The first-order valence-electron chi connectivity index (χ1n) is 9.49. The van der Waals surface area contributed by atoms with Crippen molar-refractivity contribution in [2.24, 2.45) is 0 Å². The monoisotopic (exact) mass is 424 g/mol. The van der Waals surface area contributed by atoms with Gasteiger partial charge in [0.1, 0.15) is 6.54 Å². The zero-order valence-electron chi connectivity index (χ0n) is 17.3. The highest BCUT2D eigenvalue weighted by atomic mass is 32.2. The molecule has 1 heterocycles. The third-order valence-corrected chi connectivity index (χ3v) is 5.69. The Morgan fingerprint density at radius 3 is 2.33 bits per heavy atom. The number of esters is 1. The lowest BCUT2D eigenvalue weighted by molar-refractivity contribution is -0.144. The third kappa shape index (κ3) is 4.86.